The van der Waals surface area contributed by atoms with Gasteiger partial charge in [0.25, 0.3) is 0 Å². The molecule has 1 aromatic rings. The molecule has 0 aromatic carbocycles. The van der Waals surface area contributed by atoms with Crippen molar-refractivity contribution >= 4 is 0 Å². The van der Waals surface area contributed by atoms with Gasteiger partial charge in [-0.15, -0.1) is 0 Å². The molecule has 1 rings (SSSR count). The van der Waals surface area contributed by atoms with Crippen LogP contribution in [0.15, 0.2) is 12.4 Å². The lowest BCUT2D eigenvalue weighted by atomic mass is 10.3. The summed E-state index contributed by atoms with van der Waals surface area (Å²) in [5, 5.41) is 7.40. The molecular weight excluding hydrogens is 190 g/mol. The third-order valence-corrected chi connectivity index (χ3v) is 2.12. The van der Waals surface area contributed by atoms with Crippen molar-refractivity contribution < 1.29 is 4.74 Å². The zero-order chi connectivity index (χ0) is 10.9. The number of aryl methyl sites for hydroxylation is 1. The van der Waals surface area contributed by atoms with Crippen molar-refractivity contribution in [2.24, 2.45) is 7.05 Å². The quantitative estimate of drug-likeness (QED) is 0.664. The van der Waals surface area contributed by atoms with Gasteiger partial charge < -0.3 is 10.1 Å². The Labute approximate surface area is 91.6 Å². The first-order chi connectivity index (χ1) is 7.33. The minimum atomic E-state index is 0.777. The molecule has 0 unspecified atom stereocenters. The number of ether oxygens (including phenoxy) is 1. The van der Waals surface area contributed by atoms with Gasteiger partial charge in [0.15, 0.2) is 5.75 Å². The summed E-state index contributed by atoms with van der Waals surface area (Å²) in [5.41, 5.74) is 0. The number of aromatic nitrogens is 2. The van der Waals surface area contributed by atoms with E-state index >= 15 is 0 Å². The summed E-state index contributed by atoms with van der Waals surface area (Å²) in [6.45, 7) is 5.16. The highest BCUT2D eigenvalue weighted by Gasteiger charge is 1.95. The molecule has 1 aromatic heterocycles. The summed E-state index contributed by atoms with van der Waals surface area (Å²) < 4.78 is 7.27. The van der Waals surface area contributed by atoms with E-state index in [0.717, 1.165) is 31.9 Å². The van der Waals surface area contributed by atoms with E-state index in [4.69, 9.17) is 4.74 Å². The first-order valence-corrected chi connectivity index (χ1v) is 5.65. The SMILES string of the molecule is CCCNCCCCOc1cnn(C)c1. The number of nitrogens with zero attached hydrogens (tertiary/aromatic N) is 2. The van der Waals surface area contributed by atoms with Crippen LogP contribution in [0.25, 0.3) is 0 Å². The molecular formula is C11H21N3O. The fraction of sp³-hybridized carbons (Fsp3) is 0.727. The van der Waals surface area contributed by atoms with Crippen molar-refractivity contribution in [3.63, 3.8) is 0 Å². The van der Waals surface area contributed by atoms with E-state index < -0.39 is 0 Å². The fourth-order valence-corrected chi connectivity index (χ4v) is 1.32. The number of hydrogen-bond acceptors (Lipinski definition) is 3. The van der Waals surface area contributed by atoms with Gasteiger partial charge >= 0.3 is 0 Å². The van der Waals surface area contributed by atoms with E-state index in [1.54, 1.807) is 10.9 Å². The van der Waals surface area contributed by atoms with E-state index in [9.17, 15) is 0 Å². The van der Waals surface area contributed by atoms with Crippen molar-refractivity contribution in [1.82, 2.24) is 15.1 Å². The number of rotatable bonds is 8. The summed E-state index contributed by atoms with van der Waals surface area (Å²) in [5.74, 6) is 0.860. The molecule has 0 amide bonds. The molecule has 0 radical (unpaired) electrons. The highest BCUT2D eigenvalue weighted by molar-refractivity contribution is 5.10. The molecule has 0 spiro atoms. The van der Waals surface area contributed by atoms with E-state index in [0.29, 0.717) is 0 Å². The molecule has 4 nitrogen and oxygen atoms in total. The molecule has 0 saturated carbocycles. The van der Waals surface area contributed by atoms with Crippen LogP contribution in [-0.4, -0.2) is 29.5 Å². The van der Waals surface area contributed by atoms with Crippen molar-refractivity contribution in [1.29, 1.82) is 0 Å². The van der Waals surface area contributed by atoms with Crippen LogP contribution in [0, 0.1) is 0 Å². The molecule has 1 N–H and O–H groups in total. The Bertz CT molecular complexity index is 260. The lowest BCUT2D eigenvalue weighted by molar-refractivity contribution is 0.305. The maximum Gasteiger partial charge on any atom is 0.157 e. The van der Waals surface area contributed by atoms with Gasteiger partial charge in [0.1, 0.15) is 0 Å². The standard InChI is InChI=1S/C11H21N3O/c1-3-6-12-7-4-5-8-15-11-9-13-14(2)10-11/h9-10,12H,3-8H2,1-2H3. The van der Waals surface area contributed by atoms with Gasteiger partial charge in [0, 0.05) is 7.05 Å². The molecule has 15 heavy (non-hydrogen) atoms. The predicted octanol–water partition coefficient (Wildman–Crippen LogP) is 1.58. The van der Waals surface area contributed by atoms with Gasteiger partial charge in [-0.3, -0.25) is 4.68 Å². The Morgan fingerprint density at radius 2 is 2.27 bits per heavy atom. The van der Waals surface area contributed by atoms with Crippen LogP contribution in [0.4, 0.5) is 0 Å². The molecule has 4 heteroatoms. The second kappa shape index (κ2) is 7.29. The Morgan fingerprint density at radius 1 is 1.40 bits per heavy atom. The average molecular weight is 211 g/mol. The minimum Gasteiger partial charge on any atom is -0.490 e. The zero-order valence-corrected chi connectivity index (χ0v) is 9.70. The minimum absolute atomic E-state index is 0.777. The maximum atomic E-state index is 5.52. The van der Waals surface area contributed by atoms with Crippen LogP contribution in [0.1, 0.15) is 26.2 Å². The third-order valence-electron chi connectivity index (χ3n) is 2.12. The normalized spacial score (nSPS) is 10.5. The molecule has 0 aliphatic carbocycles. The largest absolute Gasteiger partial charge is 0.490 e. The number of hydrogen-bond donors (Lipinski definition) is 1. The molecule has 0 saturated heterocycles. The molecule has 0 bridgehead atoms. The third kappa shape index (κ3) is 5.42. The van der Waals surface area contributed by atoms with E-state index in [2.05, 4.69) is 17.3 Å². The Morgan fingerprint density at radius 3 is 2.93 bits per heavy atom. The summed E-state index contributed by atoms with van der Waals surface area (Å²) in [4.78, 5) is 0. The van der Waals surface area contributed by atoms with Gasteiger partial charge in [-0.2, -0.15) is 5.10 Å². The summed E-state index contributed by atoms with van der Waals surface area (Å²) >= 11 is 0. The van der Waals surface area contributed by atoms with Crippen molar-refractivity contribution in [3.05, 3.63) is 12.4 Å². The van der Waals surface area contributed by atoms with Crippen LogP contribution in [0.5, 0.6) is 5.75 Å². The van der Waals surface area contributed by atoms with E-state index in [1.165, 1.54) is 12.8 Å². The van der Waals surface area contributed by atoms with Gasteiger partial charge in [-0.05, 0) is 32.4 Å². The molecule has 0 atom stereocenters. The van der Waals surface area contributed by atoms with Crippen LogP contribution in [0.2, 0.25) is 0 Å². The predicted molar refractivity (Wildman–Crippen MR) is 61.1 cm³/mol. The van der Waals surface area contributed by atoms with Gasteiger partial charge in [0.05, 0.1) is 19.0 Å². The number of unbranched alkanes of at least 4 members (excludes halogenated alkanes) is 1. The van der Waals surface area contributed by atoms with Crippen LogP contribution < -0.4 is 10.1 Å². The van der Waals surface area contributed by atoms with Gasteiger partial charge in [-0.1, -0.05) is 6.92 Å². The van der Waals surface area contributed by atoms with Crippen molar-refractivity contribution in [3.8, 4) is 5.75 Å². The Hall–Kier alpha value is -1.03. The topological polar surface area (TPSA) is 39.1 Å². The smallest absolute Gasteiger partial charge is 0.157 e. The van der Waals surface area contributed by atoms with Crippen LogP contribution >= 0.6 is 0 Å². The average Bonchev–Trinajstić information content (AvgIpc) is 2.63. The number of nitrogens with one attached hydrogen (secondary N) is 1. The second-order valence-electron chi connectivity index (χ2n) is 3.66. The van der Waals surface area contributed by atoms with Gasteiger partial charge in [-0.25, -0.2) is 0 Å². The fourth-order valence-electron chi connectivity index (χ4n) is 1.32. The maximum absolute atomic E-state index is 5.52. The van der Waals surface area contributed by atoms with Gasteiger partial charge in [0.2, 0.25) is 0 Å². The van der Waals surface area contributed by atoms with Crippen LogP contribution in [-0.2, 0) is 7.05 Å². The summed E-state index contributed by atoms with van der Waals surface area (Å²) in [7, 11) is 1.89. The lowest BCUT2D eigenvalue weighted by Crippen LogP contribution is -2.16. The molecule has 0 aliphatic rings. The molecule has 0 aliphatic heterocycles. The van der Waals surface area contributed by atoms with Crippen molar-refractivity contribution in [2.75, 3.05) is 19.7 Å². The zero-order valence-electron chi connectivity index (χ0n) is 9.70. The molecule has 1 heterocycles. The first kappa shape index (κ1) is 12.0. The second-order valence-corrected chi connectivity index (χ2v) is 3.66. The molecule has 0 fully saturated rings. The van der Waals surface area contributed by atoms with Crippen LogP contribution in [0.3, 0.4) is 0 Å². The van der Waals surface area contributed by atoms with Crippen molar-refractivity contribution in [2.45, 2.75) is 26.2 Å². The highest BCUT2D eigenvalue weighted by atomic mass is 16.5. The monoisotopic (exact) mass is 211 g/mol. The molecule has 86 valence electrons. The van der Waals surface area contributed by atoms with E-state index in [-0.39, 0.29) is 0 Å². The lowest BCUT2D eigenvalue weighted by Gasteiger charge is -2.04. The highest BCUT2D eigenvalue weighted by Crippen LogP contribution is 2.07. The first-order valence-electron chi connectivity index (χ1n) is 5.65. The summed E-state index contributed by atoms with van der Waals surface area (Å²) in [6.07, 6.45) is 7.09. The summed E-state index contributed by atoms with van der Waals surface area (Å²) in [6, 6.07) is 0. The Kier molecular flexibility index (Phi) is 5.85. The Balaban J connectivity index is 1.93. The van der Waals surface area contributed by atoms with E-state index in [1.807, 2.05) is 13.2 Å².